The lowest BCUT2D eigenvalue weighted by Gasteiger charge is -2.13. The van der Waals surface area contributed by atoms with Crippen LogP contribution in [0.25, 0.3) is 0 Å². The molecular weight excluding hydrogens is 297 g/mol. The van der Waals surface area contributed by atoms with E-state index in [9.17, 15) is 4.39 Å². The quantitative estimate of drug-likeness (QED) is 0.458. The molecule has 23 heavy (non-hydrogen) atoms. The molecule has 1 saturated heterocycles. The van der Waals surface area contributed by atoms with Crippen LogP contribution < -0.4 is 10.6 Å². The average molecular weight is 323 g/mol. The number of hydrogen-bond donors (Lipinski definition) is 2. The standard InChI is InChI=1S/C17H26FN3O2/c1-13-5-6-14(10-16(13)18)11-21-17(19-2)20-7-9-22-12-15-4-3-8-23-15/h5-6,10,15H,3-4,7-9,11-12H2,1-2H3,(H2,19,20,21). The van der Waals surface area contributed by atoms with Crippen LogP contribution in [0.4, 0.5) is 4.39 Å². The monoisotopic (exact) mass is 323 g/mol. The molecule has 0 amide bonds. The molecular formula is C17H26FN3O2. The van der Waals surface area contributed by atoms with Crippen molar-refractivity contribution < 1.29 is 13.9 Å². The summed E-state index contributed by atoms with van der Waals surface area (Å²) in [4.78, 5) is 4.14. The SMILES string of the molecule is CN=C(NCCOCC1CCCO1)NCc1ccc(C)c(F)c1. The van der Waals surface area contributed by atoms with E-state index in [1.54, 1.807) is 26.1 Å². The van der Waals surface area contributed by atoms with E-state index in [0.29, 0.717) is 37.8 Å². The van der Waals surface area contributed by atoms with Crippen LogP contribution in [-0.2, 0) is 16.0 Å². The van der Waals surface area contributed by atoms with Gasteiger partial charge in [-0.05, 0) is 37.0 Å². The Morgan fingerprint density at radius 1 is 1.43 bits per heavy atom. The van der Waals surface area contributed by atoms with Crippen molar-refractivity contribution in [1.82, 2.24) is 10.6 Å². The van der Waals surface area contributed by atoms with E-state index in [-0.39, 0.29) is 11.9 Å². The predicted molar refractivity (Wildman–Crippen MR) is 89.1 cm³/mol. The third kappa shape index (κ3) is 6.15. The van der Waals surface area contributed by atoms with Crippen molar-refractivity contribution in [3.05, 3.63) is 35.1 Å². The highest BCUT2D eigenvalue weighted by molar-refractivity contribution is 5.79. The van der Waals surface area contributed by atoms with Crippen molar-refractivity contribution in [3.8, 4) is 0 Å². The Balaban J connectivity index is 1.61. The van der Waals surface area contributed by atoms with Crippen molar-refractivity contribution in [2.45, 2.75) is 32.4 Å². The Morgan fingerprint density at radius 3 is 3.00 bits per heavy atom. The van der Waals surface area contributed by atoms with Gasteiger partial charge in [-0.3, -0.25) is 4.99 Å². The molecule has 1 heterocycles. The highest BCUT2D eigenvalue weighted by atomic mass is 19.1. The Morgan fingerprint density at radius 2 is 2.30 bits per heavy atom. The number of halogens is 1. The van der Waals surface area contributed by atoms with Crippen LogP contribution >= 0.6 is 0 Å². The molecule has 2 N–H and O–H groups in total. The fourth-order valence-electron chi connectivity index (χ4n) is 2.38. The van der Waals surface area contributed by atoms with Crippen LogP contribution in [-0.4, -0.2) is 45.5 Å². The second kappa shape index (κ2) is 9.47. The van der Waals surface area contributed by atoms with Gasteiger partial charge in [-0.1, -0.05) is 12.1 Å². The van der Waals surface area contributed by atoms with E-state index in [1.807, 2.05) is 6.07 Å². The van der Waals surface area contributed by atoms with Crippen molar-refractivity contribution >= 4 is 5.96 Å². The summed E-state index contributed by atoms with van der Waals surface area (Å²) >= 11 is 0. The summed E-state index contributed by atoms with van der Waals surface area (Å²) < 4.78 is 24.6. The molecule has 0 radical (unpaired) electrons. The summed E-state index contributed by atoms with van der Waals surface area (Å²) in [6.07, 6.45) is 2.47. The van der Waals surface area contributed by atoms with Crippen molar-refractivity contribution in [2.75, 3.05) is 33.4 Å². The number of ether oxygens (including phenoxy) is 2. The zero-order valence-corrected chi connectivity index (χ0v) is 13.9. The normalized spacial score (nSPS) is 18.2. The van der Waals surface area contributed by atoms with Gasteiger partial charge in [0.1, 0.15) is 5.82 Å². The number of rotatable bonds is 7. The first-order chi connectivity index (χ1) is 11.2. The Labute approximate surface area is 137 Å². The fourth-order valence-corrected chi connectivity index (χ4v) is 2.38. The van der Waals surface area contributed by atoms with E-state index in [2.05, 4.69) is 15.6 Å². The molecule has 1 aliphatic rings. The van der Waals surface area contributed by atoms with E-state index in [4.69, 9.17) is 9.47 Å². The number of aryl methyl sites for hydroxylation is 1. The van der Waals surface area contributed by atoms with E-state index in [0.717, 1.165) is 25.0 Å². The molecule has 0 saturated carbocycles. The minimum atomic E-state index is -0.185. The van der Waals surface area contributed by atoms with Gasteiger partial charge >= 0.3 is 0 Å². The van der Waals surface area contributed by atoms with Crippen LogP contribution in [0.5, 0.6) is 0 Å². The number of benzene rings is 1. The van der Waals surface area contributed by atoms with Crippen LogP contribution in [0.15, 0.2) is 23.2 Å². The number of aliphatic imine (C=N–C) groups is 1. The first kappa shape index (κ1) is 17.7. The van der Waals surface area contributed by atoms with Gasteiger partial charge in [0.2, 0.25) is 0 Å². The summed E-state index contributed by atoms with van der Waals surface area (Å²) in [7, 11) is 1.71. The van der Waals surface area contributed by atoms with Crippen LogP contribution in [0.1, 0.15) is 24.0 Å². The van der Waals surface area contributed by atoms with Crippen molar-refractivity contribution in [1.29, 1.82) is 0 Å². The van der Waals surface area contributed by atoms with Crippen LogP contribution in [0, 0.1) is 12.7 Å². The van der Waals surface area contributed by atoms with Gasteiger partial charge in [0.05, 0.1) is 19.3 Å². The maximum atomic E-state index is 13.5. The predicted octanol–water partition coefficient (Wildman–Crippen LogP) is 1.99. The molecule has 1 unspecified atom stereocenters. The topological polar surface area (TPSA) is 54.9 Å². The minimum Gasteiger partial charge on any atom is -0.377 e. The summed E-state index contributed by atoms with van der Waals surface area (Å²) in [6.45, 7) is 5.03. The fraction of sp³-hybridized carbons (Fsp3) is 0.588. The molecule has 0 aromatic heterocycles. The maximum absolute atomic E-state index is 13.5. The van der Waals surface area contributed by atoms with Gasteiger partial charge < -0.3 is 20.1 Å². The first-order valence-electron chi connectivity index (χ1n) is 8.08. The third-order valence-electron chi connectivity index (χ3n) is 3.79. The Kier molecular flexibility index (Phi) is 7.29. The van der Waals surface area contributed by atoms with Gasteiger partial charge in [0.25, 0.3) is 0 Å². The minimum absolute atomic E-state index is 0.185. The molecule has 0 bridgehead atoms. The highest BCUT2D eigenvalue weighted by Gasteiger charge is 2.14. The number of guanidine groups is 1. The maximum Gasteiger partial charge on any atom is 0.191 e. The summed E-state index contributed by atoms with van der Waals surface area (Å²) in [5.74, 6) is 0.487. The molecule has 2 rings (SSSR count). The molecule has 6 heteroatoms. The molecule has 1 aromatic carbocycles. The Bertz CT molecular complexity index is 517. The van der Waals surface area contributed by atoms with Gasteiger partial charge in [-0.25, -0.2) is 4.39 Å². The molecule has 0 aliphatic carbocycles. The molecule has 1 aromatic rings. The zero-order chi connectivity index (χ0) is 16.5. The van der Waals surface area contributed by atoms with E-state index in [1.165, 1.54) is 0 Å². The third-order valence-corrected chi connectivity index (χ3v) is 3.79. The van der Waals surface area contributed by atoms with Gasteiger partial charge in [-0.2, -0.15) is 0 Å². The summed E-state index contributed by atoms with van der Waals surface area (Å²) in [5.41, 5.74) is 1.53. The van der Waals surface area contributed by atoms with Gasteiger partial charge in [-0.15, -0.1) is 0 Å². The number of hydrogen-bond acceptors (Lipinski definition) is 3. The summed E-state index contributed by atoms with van der Waals surface area (Å²) in [5, 5.41) is 6.33. The second-order valence-corrected chi connectivity index (χ2v) is 5.65. The van der Waals surface area contributed by atoms with E-state index >= 15 is 0 Å². The first-order valence-corrected chi connectivity index (χ1v) is 8.08. The Hall–Kier alpha value is -1.66. The summed E-state index contributed by atoms with van der Waals surface area (Å²) in [6, 6.07) is 5.23. The lowest BCUT2D eigenvalue weighted by Crippen LogP contribution is -2.38. The van der Waals surface area contributed by atoms with Crippen molar-refractivity contribution in [2.24, 2.45) is 4.99 Å². The van der Waals surface area contributed by atoms with Crippen molar-refractivity contribution in [3.63, 3.8) is 0 Å². The van der Waals surface area contributed by atoms with Crippen LogP contribution in [0.2, 0.25) is 0 Å². The second-order valence-electron chi connectivity index (χ2n) is 5.65. The smallest absolute Gasteiger partial charge is 0.191 e. The largest absolute Gasteiger partial charge is 0.377 e. The lowest BCUT2D eigenvalue weighted by atomic mass is 10.1. The van der Waals surface area contributed by atoms with Gasteiger partial charge in [0, 0.05) is 26.7 Å². The van der Waals surface area contributed by atoms with E-state index < -0.39 is 0 Å². The molecule has 1 aliphatic heterocycles. The molecule has 0 spiro atoms. The zero-order valence-electron chi connectivity index (χ0n) is 13.9. The molecule has 1 fully saturated rings. The number of nitrogens with one attached hydrogen (secondary N) is 2. The lowest BCUT2D eigenvalue weighted by molar-refractivity contribution is 0.0191. The van der Waals surface area contributed by atoms with Gasteiger partial charge in [0.15, 0.2) is 5.96 Å². The highest BCUT2D eigenvalue weighted by Crippen LogP contribution is 2.11. The molecule has 5 nitrogen and oxygen atoms in total. The molecule has 128 valence electrons. The van der Waals surface area contributed by atoms with Crippen LogP contribution in [0.3, 0.4) is 0 Å². The molecule has 1 atom stereocenters. The average Bonchev–Trinajstić information content (AvgIpc) is 3.06. The number of nitrogens with zero attached hydrogens (tertiary/aromatic N) is 1.